The Kier molecular flexibility index (Phi) is 5.06. The van der Waals surface area contributed by atoms with Gasteiger partial charge in [-0.1, -0.05) is 42.5 Å². The number of carbonyl (C=O) groups excluding carboxylic acids is 1. The van der Waals surface area contributed by atoms with Gasteiger partial charge in [-0.3, -0.25) is 4.79 Å². The van der Waals surface area contributed by atoms with Crippen LogP contribution in [0.3, 0.4) is 0 Å². The number of hydrogen-bond donors (Lipinski definition) is 1. The molecule has 136 valence electrons. The van der Waals surface area contributed by atoms with Crippen molar-refractivity contribution in [2.45, 2.75) is 0 Å². The zero-order valence-corrected chi connectivity index (χ0v) is 15.2. The maximum Gasteiger partial charge on any atom is 0.253 e. The summed E-state index contributed by atoms with van der Waals surface area (Å²) in [7, 11) is 0. The molecular formula is C23H23N3O. The van der Waals surface area contributed by atoms with E-state index >= 15 is 0 Å². The maximum absolute atomic E-state index is 12.6. The van der Waals surface area contributed by atoms with Gasteiger partial charge >= 0.3 is 0 Å². The molecule has 0 saturated carbocycles. The van der Waals surface area contributed by atoms with E-state index in [0.29, 0.717) is 0 Å². The van der Waals surface area contributed by atoms with Crippen molar-refractivity contribution >= 4 is 23.0 Å². The van der Waals surface area contributed by atoms with Gasteiger partial charge in [0.15, 0.2) is 0 Å². The molecule has 0 radical (unpaired) electrons. The van der Waals surface area contributed by atoms with Crippen molar-refractivity contribution in [3.05, 3.63) is 90.5 Å². The first-order chi connectivity index (χ1) is 13.3. The van der Waals surface area contributed by atoms with E-state index in [1.807, 2.05) is 53.4 Å². The summed E-state index contributed by atoms with van der Waals surface area (Å²) in [4.78, 5) is 16.9. The second-order valence-corrected chi connectivity index (χ2v) is 6.69. The Morgan fingerprint density at radius 2 is 1.33 bits per heavy atom. The van der Waals surface area contributed by atoms with Crippen molar-refractivity contribution < 1.29 is 4.79 Å². The molecule has 4 heteroatoms. The molecule has 1 heterocycles. The molecule has 4 nitrogen and oxygen atoms in total. The van der Waals surface area contributed by atoms with Gasteiger partial charge < -0.3 is 15.1 Å². The number of rotatable bonds is 4. The second-order valence-electron chi connectivity index (χ2n) is 6.69. The SMILES string of the molecule is O=C(c1ccccc1)N1CCN(c2cccc(Nc3ccccc3)c2)CC1. The highest BCUT2D eigenvalue weighted by Crippen LogP contribution is 2.24. The Morgan fingerprint density at radius 1 is 0.704 bits per heavy atom. The van der Waals surface area contributed by atoms with E-state index in [4.69, 9.17) is 0 Å². The number of nitrogens with one attached hydrogen (secondary N) is 1. The summed E-state index contributed by atoms with van der Waals surface area (Å²) >= 11 is 0. The van der Waals surface area contributed by atoms with Crippen molar-refractivity contribution in [3.63, 3.8) is 0 Å². The summed E-state index contributed by atoms with van der Waals surface area (Å²) in [5, 5.41) is 3.44. The maximum atomic E-state index is 12.6. The number of anilines is 3. The van der Waals surface area contributed by atoms with Crippen LogP contribution in [0.15, 0.2) is 84.9 Å². The van der Waals surface area contributed by atoms with E-state index in [2.05, 4.69) is 46.6 Å². The molecular weight excluding hydrogens is 334 g/mol. The summed E-state index contributed by atoms with van der Waals surface area (Å²) in [5.41, 5.74) is 4.09. The van der Waals surface area contributed by atoms with Crippen LogP contribution >= 0.6 is 0 Å². The molecule has 4 rings (SSSR count). The highest BCUT2D eigenvalue weighted by atomic mass is 16.2. The van der Waals surface area contributed by atoms with E-state index in [-0.39, 0.29) is 5.91 Å². The van der Waals surface area contributed by atoms with E-state index in [1.54, 1.807) is 0 Å². The smallest absolute Gasteiger partial charge is 0.253 e. The minimum atomic E-state index is 0.120. The lowest BCUT2D eigenvalue weighted by atomic mass is 10.1. The van der Waals surface area contributed by atoms with Gasteiger partial charge in [-0.25, -0.2) is 0 Å². The lowest BCUT2D eigenvalue weighted by molar-refractivity contribution is 0.0747. The number of para-hydroxylation sites is 1. The first kappa shape index (κ1) is 17.2. The Morgan fingerprint density at radius 3 is 2.04 bits per heavy atom. The van der Waals surface area contributed by atoms with Crippen LogP contribution in [0.5, 0.6) is 0 Å². The van der Waals surface area contributed by atoms with E-state index in [0.717, 1.165) is 43.1 Å². The lowest BCUT2D eigenvalue weighted by Crippen LogP contribution is -2.48. The van der Waals surface area contributed by atoms with Gasteiger partial charge in [0.2, 0.25) is 0 Å². The van der Waals surface area contributed by atoms with Crippen molar-refractivity contribution in [3.8, 4) is 0 Å². The molecule has 0 bridgehead atoms. The standard InChI is InChI=1S/C23H23N3O/c27-23(19-8-3-1-4-9-19)26-16-14-25(15-17-26)22-13-7-12-21(18-22)24-20-10-5-2-6-11-20/h1-13,18,24H,14-17H2. The molecule has 1 amide bonds. The molecule has 0 aromatic heterocycles. The van der Waals surface area contributed by atoms with Crippen LogP contribution in [0.25, 0.3) is 0 Å². The average Bonchev–Trinajstić information content (AvgIpc) is 2.75. The van der Waals surface area contributed by atoms with E-state index < -0.39 is 0 Å². The first-order valence-electron chi connectivity index (χ1n) is 9.31. The predicted molar refractivity (Wildman–Crippen MR) is 111 cm³/mol. The lowest BCUT2D eigenvalue weighted by Gasteiger charge is -2.36. The normalized spacial score (nSPS) is 14.1. The number of carbonyl (C=O) groups is 1. The highest BCUT2D eigenvalue weighted by molar-refractivity contribution is 5.94. The van der Waals surface area contributed by atoms with Gasteiger partial charge in [0.25, 0.3) is 5.91 Å². The third kappa shape index (κ3) is 4.11. The number of piperazine rings is 1. The van der Waals surface area contributed by atoms with Crippen molar-refractivity contribution in [1.82, 2.24) is 4.90 Å². The fourth-order valence-electron chi connectivity index (χ4n) is 3.40. The molecule has 3 aromatic carbocycles. The van der Waals surface area contributed by atoms with Gasteiger partial charge in [0.1, 0.15) is 0 Å². The van der Waals surface area contributed by atoms with Gasteiger partial charge in [-0.2, -0.15) is 0 Å². The fourth-order valence-corrected chi connectivity index (χ4v) is 3.40. The van der Waals surface area contributed by atoms with Crippen LogP contribution < -0.4 is 10.2 Å². The Labute approximate surface area is 160 Å². The molecule has 3 aromatic rings. The summed E-state index contributed by atoms with van der Waals surface area (Å²) in [6.45, 7) is 3.16. The van der Waals surface area contributed by atoms with Crippen LogP contribution in [-0.2, 0) is 0 Å². The molecule has 27 heavy (non-hydrogen) atoms. The minimum absolute atomic E-state index is 0.120. The number of hydrogen-bond acceptors (Lipinski definition) is 3. The zero-order chi connectivity index (χ0) is 18.5. The van der Waals surface area contributed by atoms with Crippen molar-refractivity contribution in [2.75, 3.05) is 36.4 Å². The topological polar surface area (TPSA) is 35.6 Å². The van der Waals surface area contributed by atoms with Crippen LogP contribution in [0.4, 0.5) is 17.1 Å². The third-order valence-corrected chi connectivity index (χ3v) is 4.86. The summed E-state index contributed by atoms with van der Waals surface area (Å²) in [5.74, 6) is 0.120. The van der Waals surface area contributed by atoms with Gasteiger partial charge in [0.05, 0.1) is 0 Å². The Balaban J connectivity index is 1.40. The minimum Gasteiger partial charge on any atom is -0.368 e. The van der Waals surface area contributed by atoms with E-state index in [1.165, 1.54) is 5.69 Å². The van der Waals surface area contributed by atoms with Gasteiger partial charge in [0, 0.05) is 48.8 Å². The van der Waals surface area contributed by atoms with Gasteiger partial charge in [-0.05, 0) is 42.5 Å². The van der Waals surface area contributed by atoms with Gasteiger partial charge in [-0.15, -0.1) is 0 Å². The fraction of sp³-hybridized carbons (Fsp3) is 0.174. The second kappa shape index (κ2) is 7.96. The number of benzene rings is 3. The Hall–Kier alpha value is -3.27. The van der Waals surface area contributed by atoms with Crippen LogP contribution in [0.1, 0.15) is 10.4 Å². The summed E-state index contributed by atoms with van der Waals surface area (Å²) < 4.78 is 0. The predicted octanol–water partition coefficient (Wildman–Crippen LogP) is 4.39. The monoisotopic (exact) mass is 357 g/mol. The summed E-state index contributed by atoms with van der Waals surface area (Å²) in [6, 6.07) is 28.1. The van der Waals surface area contributed by atoms with Crippen LogP contribution in [0.2, 0.25) is 0 Å². The molecule has 0 spiro atoms. The molecule has 1 N–H and O–H groups in total. The zero-order valence-electron chi connectivity index (χ0n) is 15.2. The number of amides is 1. The van der Waals surface area contributed by atoms with E-state index in [9.17, 15) is 4.79 Å². The van der Waals surface area contributed by atoms with Crippen molar-refractivity contribution in [2.24, 2.45) is 0 Å². The number of nitrogens with zero attached hydrogens (tertiary/aromatic N) is 2. The largest absolute Gasteiger partial charge is 0.368 e. The molecule has 0 aliphatic carbocycles. The molecule has 0 atom stereocenters. The average molecular weight is 357 g/mol. The van der Waals surface area contributed by atoms with Crippen LogP contribution in [0, 0.1) is 0 Å². The molecule has 1 saturated heterocycles. The molecule has 0 unspecified atom stereocenters. The van der Waals surface area contributed by atoms with Crippen LogP contribution in [-0.4, -0.2) is 37.0 Å². The quantitative estimate of drug-likeness (QED) is 0.752. The molecule has 1 aliphatic heterocycles. The van der Waals surface area contributed by atoms with Crippen molar-refractivity contribution in [1.29, 1.82) is 0 Å². The first-order valence-corrected chi connectivity index (χ1v) is 9.31. The molecule has 1 aliphatic rings. The Bertz CT molecular complexity index is 888. The third-order valence-electron chi connectivity index (χ3n) is 4.86. The highest BCUT2D eigenvalue weighted by Gasteiger charge is 2.22. The molecule has 1 fully saturated rings. The summed E-state index contributed by atoms with van der Waals surface area (Å²) in [6.07, 6.45) is 0.